The SMILES string of the molecule is CC(C)(C)C=NC(=S)c1ccc(Cl)cc1. The second kappa shape index (κ2) is 4.86. The molecule has 0 aromatic heterocycles. The van der Waals surface area contributed by atoms with E-state index in [0.717, 1.165) is 5.56 Å². The van der Waals surface area contributed by atoms with Crippen molar-refractivity contribution < 1.29 is 0 Å². The smallest absolute Gasteiger partial charge is 0.132 e. The number of thiocarbonyl (C=S) groups is 1. The van der Waals surface area contributed by atoms with Gasteiger partial charge in [0.05, 0.1) is 0 Å². The van der Waals surface area contributed by atoms with Crippen LogP contribution in [0.3, 0.4) is 0 Å². The summed E-state index contributed by atoms with van der Waals surface area (Å²) in [5, 5.41) is 0.710. The van der Waals surface area contributed by atoms with Gasteiger partial charge in [0.2, 0.25) is 0 Å². The molecule has 0 fully saturated rings. The summed E-state index contributed by atoms with van der Waals surface area (Å²) in [5.41, 5.74) is 0.978. The van der Waals surface area contributed by atoms with E-state index in [4.69, 9.17) is 23.8 Å². The minimum absolute atomic E-state index is 0.0521. The van der Waals surface area contributed by atoms with Gasteiger partial charge >= 0.3 is 0 Å². The molecule has 1 rings (SSSR count). The Hall–Kier alpha value is -0.730. The third-order valence-corrected chi connectivity index (χ3v) is 2.25. The Labute approximate surface area is 101 Å². The van der Waals surface area contributed by atoms with Crippen molar-refractivity contribution >= 4 is 35.0 Å². The monoisotopic (exact) mass is 239 g/mol. The van der Waals surface area contributed by atoms with Crippen LogP contribution < -0.4 is 0 Å². The van der Waals surface area contributed by atoms with Crippen molar-refractivity contribution in [3.05, 3.63) is 34.9 Å². The molecule has 80 valence electrons. The molecule has 1 aromatic carbocycles. The van der Waals surface area contributed by atoms with Crippen molar-refractivity contribution in [2.75, 3.05) is 0 Å². The number of hydrogen-bond donors (Lipinski definition) is 0. The van der Waals surface area contributed by atoms with Crippen LogP contribution in [0.2, 0.25) is 5.02 Å². The fourth-order valence-corrected chi connectivity index (χ4v) is 1.23. The maximum atomic E-state index is 5.78. The summed E-state index contributed by atoms with van der Waals surface area (Å²) in [6.45, 7) is 6.25. The zero-order chi connectivity index (χ0) is 11.5. The van der Waals surface area contributed by atoms with Crippen LogP contribution in [-0.2, 0) is 0 Å². The van der Waals surface area contributed by atoms with Gasteiger partial charge in [0.15, 0.2) is 0 Å². The predicted octanol–water partition coefficient (Wildman–Crippen LogP) is 4.13. The van der Waals surface area contributed by atoms with Gasteiger partial charge in [-0.2, -0.15) is 0 Å². The normalized spacial score (nSPS) is 12.0. The van der Waals surface area contributed by atoms with Gasteiger partial charge in [-0.05, 0) is 17.5 Å². The molecule has 0 aliphatic rings. The Morgan fingerprint density at radius 2 is 1.80 bits per heavy atom. The van der Waals surface area contributed by atoms with Crippen molar-refractivity contribution in [3.63, 3.8) is 0 Å². The third-order valence-electron chi connectivity index (χ3n) is 1.66. The second-order valence-electron chi connectivity index (χ2n) is 4.44. The zero-order valence-corrected chi connectivity index (χ0v) is 10.7. The summed E-state index contributed by atoms with van der Waals surface area (Å²) in [6, 6.07) is 7.39. The van der Waals surface area contributed by atoms with E-state index in [2.05, 4.69) is 25.8 Å². The van der Waals surface area contributed by atoms with E-state index >= 15 is 0 Å². The highest BCUT2D eigenvalue weighted by Crippen LogP contribution is 2.13. The first-order valence-electron chi connectivity index (χ1n) is 4.73. The van der Waals surface area contributed by atoms with Crippen LogP contribution in [0.5, 0.6) is 0 Å². The Bertz CT molecular complexity index is 374. The van der Waals surface area contributed by atoms with Crippen molar-refractivity contribution in [2.45, 2.75) is 20.8 Å². The van der Waals surface area contributed by atoms with E-state index in [-0.39, 0.29) is 5.41 Å². The van der Waals surface area contributed by atoms with Gasteiger partial charge in [-0.1, -0.05) is 56.7 Å². The summed E-state index contributed by atoms with van der Waals surface area (Å²) in [6.07, 6.45) is 1.87. The molecule has 0 heterocycles. The Balaban J connectivity index is 2.78. The molecule has 15 heavy (non-hydrogen) atoms. The lowest BCUT2D eigenvalue weighted by Gasteiger charge is -2.09. The molecule has 0 saturated heterocycles. The van der Waals surface area contributed by atoms with E-state index in [9.17, 15) is 0 Å². The summed E-state index contributed by atoms with van der Waals surface area (Å²) in [5.74, 6) is 0. The zero-order valence-electron chi connectivity index (χ0n) is 9.12. The maximum Gasteiger partial charge on any atom is 0.132 e. The molecule has 0 aliphatic heterocycles. The molecular weight excluding hydrogens is 226 g/mol. The molecule has 0 N–H and O–H groups in total. The van der Waals surface area contributed by atoms with Crippen molar-refractivity contribution in [3.8, 4) is 0 Å². The van der Waals surface area contributed by atoms with Gasteiger partial charge in [0.1, 0.15) is 4.99 Å². The predicted molar refractivity (Wildman–Crippen MR) is 71.1 cm³/mol. The van der Waals surface area contributed by atoms with Gasteiger partial charge < -0.3 is 0 Å². The van der Waals surface area contributed by atoms with Crippen LogP contribution in [0.15, 0.2) is 29.3 Å². The Kier molecular flexibility index (Phi) is 4.00. The van der Waals surface area contributed by atoms with E-state index in [1.54, 1.807) is 0 Å². The van der Waals surface area contributed by atoms with Crippen LogP contribution in [0, 0.1) is 5.41 Å². The first-order valence-corrected chi connectivity index (χ1v) is 5.52. The third kappa shape index (κ3) is 4.54. The standard InChI is InChI=1S/C12H14ClNS/c1-12(2,3)8-14-11(15)9-4-6-10(13)7-5-9/h4-8H,1-3H3. The molecule has 0 spiro atoms. The lowest BCUT2D eigenvalue weighted by atomic mass is 9.99. The number of rotatable bonds is 1. The van der Waals surface area contributed by atoms with Gasteiger partial charge in [0.25, 0.3) is 0 Å². The number of hydrogen-bond acceptors (Lipinski definition) is 1. The van der Waals surface area contributed by atoms with Gasteiger partial charge in [-0.15, -0.1) is 0 Å². The van der Waals surface area contributed by atoms with Gasteiger partial charge in [-0.25, -0.2) is 4.99 Å². The molecule has 3 heteroatoms. The summed E-state index contributed by atoms with van der Waals surface area (Å²) >= 11 is 11.0. The minimum Gasteiger partial charge on any atom is -0.248 e. The van der Waals surface area contributed by atoms with Crippen molar-refractivity contribution in [1.29, 1.82) is 0 Å². The number of benzene rings is 1. The van der Waals surface area contributed by atoms with Crippen LogP contribution in [0.4, 0.5) is 0 Å². The molecule has 0 amide bonds. The lowest BCUT2D eigenvalue weighted by Crippen LogP contribution is -2.07. The van der Waals surface area contributed by atoms with Crippen LogP contribution >= 0.6 is 23.8 Å². The molecule has 0 aliphatic carbocycles. The van der Waals surface area contributed by atoms with E-state index in [1.807, 2.05) is 30.5 Å². The number of halogens is 1. The lowest BCUT2D eigenvalue weighted by molar-refractivity contribution is 0.608. The summed E-state index contributed by atoms with van der Waals surface area (Å²) in [4.78, 5) is 4.86. The molecular formula is C12H14ClNS. The highest BCUT2D eigenvalue weighted by molar-refractivity contribution is 7.80. The highest BCUT2D eigenvalue weighted by Gasteiger charge is 2.06. The molecule has 0 bridgehead atoms. The summed E-state index contributed by atoms with van der Waals surface area (Å²) < 4.78 is 0. The van der Waals surface area contributed by atoms with E-state index in [0.29, 0.717) is 10.0 Å². The van der Waals surface area contributed by atoms with E-state index < -0.39 is 0 Å². The van der Waals surface area contributed by atoms with Gasteiger partial charge in [-0.3, -0.25) is 0 Å². The average molecular weight is 240 g/mol. The Morgan fingerprint density at radius 1 is 1.27 bits per heavy atom. The fourth-order valence-electron chi connectivity index (χ4n) is 0.919. The quantitative estimate of drug-likeness (QED) is 0.530. The average Bonchev–Trinajstić information content (AvgIpc) is 2.14. The largest absolute Gasteiger partial charge is 0.248 e. The summed E-state index contributed by atoms with van der Waals surface area (Å²) in [7, 11) is 0. The first-order chi connectivity index (χ1) is 6.88. The van der Waals surface area contributed by atoms with Crippen LogP contribution in [-0.4, -0.2) is 11.2 Å². The van der Waals surface area contributed by atoms with Crippen LogP contribution in [0.1, 0.15) is 26.3 Å². The first kappa shape index (κ1) is 12.3. The molecule has 0 unspecified atom stereocenters. The Morgan fingerprint density at radius 3 is 2.27 bits per heavy atom. The topological polar surface area (TPSA) is 12.4 Å². The minimum atomic E-state index is 0.0521. The van der Waals surface area contributed by atoms with Crippen molar-refractivity contribution in [1.82, 2.24) is 0 Å². The second-order valence-corrected chi connectivity index (χ2v) is 5.26. The molecule has 0 atom stereocenters. The molecule has 0 radical (unpaired) electrons. The molecule has 1 nitrogen and oxygen atoms in total. The molecule has 0 saturated carbocycles. The highest BCUT2D eigenvalue weighted by atomic mass is 35.5. The fraction of sp³-hybridized carbons (Fsp3) is 0.333. The van der Waals surface area contributed by atoms with Gasteiger partial charge in [0, 0.05) is 16.8 Å². The van der Waals surface area contributed by atoms with Crippen LogP contribution in [0.25, 0.3) is 0 Å². The number of aliphatic imine (C=N–C) groups is 1. The number of nitrogens with zero attached hydrogens (tertiary/aromatic N) is 1. The maximum absolute atomic E-state index is 5.78. The van der Waals surface area contributed by atoms with E-state index in [1.165, 1.54) is 0 Å². The van der Waals surface area contributed by atoms with Crippen molar-refractivity contribution in [2.24, 2.45) is 10.4 Å². The molecule has 1 aromatic rings.